The van der Waals surface area contributed by atoms with E-state index in [-0.39, 0.29) is 0 Å². The normalized spacial score (nSPS) is 11.0. The Morgan fingerprint density at radius 2 is 2.00 bits per heavy atom. The Labute approximate surface area is 184 Å². The minimum Gasteiger partial charge on any atom is -0.383 e. The van der Waals surface area contributed by atoms with E-state index in [1.54, 1.807) is 18.5 Å². The van der Waals surface area contributed by atoms with Crippen LogP contribution in [0.1, 0.15) is 18.2 Å². The molecule has 4 aromatic heterocycles. The minimum atomic E-state index is 0.385. The van der Waals surface area contributed by atoms with Gasteiger partial charge in [0.25, 0.3) is 0 Å². The average molecular weight is 420 g/mol. The molecule has 0 fully saturated rings. The van der Waals surface area contributed by atoms with Crippen LogP contribution in [0.3, 0.4) is 0 Å². The number of pyridine rings is 2. The molecule has 0 amide bonds. The Kier molecular flexibility index (Phi) is 4.84. The second-order valence-electron chi connectivity index (χ2n) is 7.36. The van der Waals surface area contributed by atoms with Crippen LogP contribution in [0.5, 0.6) is 0 Å². The molecule has 0 aliphatic rings. The molecule has 32 heavy (non-hydrogen) atoms. The molecule has 0 bridgehead atoms. The van der Waals surface area contributed by atoms with E-state index in [2.05, 4.69) is 16.2 Å². The van der Waals surface area contributed by atoms with Gasteiger partial charge in [0.05, 0.1) is 46.2 Å². The maximum absolute atomic E-state index is 9.38. The summed E-state index contributed by atoms with van der Waals surface area (Å²) in [7, 11) is 0. The number of nitriles is 1. The Balaban J connectivity index is 1.78. The van der Waals surface area contributed by atoms with Crippen LogP contribution >= 0.6 is 0 Å². The van der Waals surface area contributed by atoms with Crippen molar-refractivity contribution in [1.82, 2.24) is 29.5 Å². The van der Waals surface area contributed by atoms with Crippen LogP contribution in [-0.4, -0.2) is 29.5 Å². The molecule has 0 aliphatic heterocycles. The van der Waals surface area contributed by atoms with Crippen molar-refractivity contribution in [2.75, 3.05) is 5.73 Å². The lowest BCUT2D eigenvalue weighted by atomic mass is 9.99. The summed E-state index contributed by atoms with van der Waals surface area (Å²) < 4.78 is 3.73. The van der Waals surface area contributed by atoms with Gasteiger partial charge in [-0.15, -0.1) is 0 Å². The van der Waals surface area contributed by atoms with E-state index < -0.39 is 0 Å². The number of fused-ring (bicyclic) bond motifs is 1. The zero-order chi connectivity index (χ0) is 22.1. The fourth-order valence-corrected chi connectivity index (χ4v) is 3.87. The van der Waals surface area contributed by atoms with E-state index in [0.717, 1.165) is 33.4 Å². The molecule has 156 valence electrons. The summed E-state index contributed by atoms with van der Waals surface area (Å²) in [6, 6.07) is 17.3. The van der Waals surface area contributed by atoms with E-state index in [1.165, 1.54) is 0 Å². The molecule has 4 heterocycles. The number of aryl methyl sites for hydroxylation is 1. The zero-order valence-electron chi connectivity index (χ0n) is 17.5. The summed E-state index contributed by atoms with van der Waals surface area (Å²) in [5.74, 6) is 0.385. The first-order chi connectivity index (χ1) is 15.7. The highest BCUT2D eigenvalue weighted by Crippen LogP contribution is 2.38. The molecule has 1 aromatic carbocycles. The molecule has 2 N–H and O–H groups in total. The molecule has 0 saturated heterocycles. The van der Waals surface area contributed by atoms with Gasteiger partial charge in [-0.05, 0) is 37.3 Å². The van der Waals surface area contributed by atoms with Gasteiger partial charge in [0.1, 0.15) is 11.3 Å². The Morgan fingerprint density at radius 1 is 1.09 bits per heavy atom. The third-order valence-corrected chi connectivity index (χ3v) is 5.33. The van der Waals surface area contributed by atoms with Gasteiger partial charge in [0.2, 0.25) is 0 Å². The summed E-state index contributed by atoms with van der Waals surface area (Å²) in [5.41, 5.74) is 11.8. The maximum Gasteiger partial charge on any atom is 0.135 e. The number of aromatic nitrogens is 6. The molecule has 0 spiro atoms. The van der Waals surface area contributed by atoms with Crippen LogP contribution in [0.4, 0.5) is 5.82 Å². The summed E-state index contributed by atoms with van der Waals surface area (Å²) in [5, 5.41) is 19.5. The highest BCUT2D eigenvalue weighted by molar-refractivity contribution is 6.03. The van der Waals surface area contributed by atoms with E-state index in [4.69, 9.17) is 15.8 Å². The number of nitrogens with two attached hydrogens (primary N) is 1. The van der Waals surface area contributed by atoms with Gasteiger partial charge in [0.15, 0.2) is 0 Å². The minimum absolute atomic E-state index is 0.385. The summed E-state index contributed by atoms with van der Waals surface area (Å²) >= 11 is 0. The molecule has 8 nitrogen and oxygen atoms in total. The van der Waals surface area contributed by atoms with Gasteiger partial charge in [-0.2, -0.15) is 15.5 Å². The van der Waals surface area contributed by atoms with Crippen molar-refractivity contribution in [2.45, 2.75) is 20.0 Å². The van der Waals surface area contributed by atoms with Gasteiger partial charge in [-0.3, -0.25) is 14.3 Å². The van der Waals surface area contributed by atoms with Crippen molar-refractivity contribution >= 4 is 16.7 Å². The Hall–Kier alpha value is -4.51. The second kappa shape index (κ2) is 7.96. The lowest BCUT2D eigenvalue weighted by molar-refractivity contribution is 0.666. The van der Waals surface area contributed by atoms with Crippen LogP contribution in [-0.2, 0) is 13.1 Å². The van der Waals surface area contributed by atoms with Crippen molar-refractivity contribution in [3.8, 4) is 28.6 Å². The first kappa shape index (κ1) is 19.5. The Morgan fingerprint density at radius 3 is 2.78 bits per heavy atom. The van der Waals surface area contributed by atoms with Crippen LogP contribution < -0.4 is 5.73 Å². The lowest BCUT2D eigenvalue weighted by Gasteiger charge is -2.13. The number of hydrogen-bond donors (Lipinski definition) is 1. The van der Waals surface area contributed by atoms with Crippen molar-refractivity contribution in [3.63, 3.8) is 0 Å². The molecule has 8 heteroatoms. The van der Waals surface area contributed by atoms with Crippen LogP contribution in [0.15, 0.2) is 67.1 Å². The molecule has 0 atom stereocenters. The van der Waals surface area contributed by atoms with E-state index in [0.29, 0.717) is 30.2 Å². The van der Waals surface area contributed by atoms with E-state index in [1.807, 2.05) is 64.9 Å². The molecular formula is C24H20N8. The number of nitrogen functional groups attached to an aromatic ring is 1. The monoisotopic (exact) mass is 420 g/mol. The molecule has 0 unspecified atom stereocenters. The van der Waals surface area contributed by atoms with Gasteiger partial charge >= 0.3 is 0 Å². The number of nitrogens with zero attached hydrogens (tertiary/aromatic N) is 7. The van der Waals surface area contributed by atoms with Crippen LogP contribution in [0.25, 0.3) is 33.4 Å². The smallest absolute Gasteiger partial charge is 0.135 e. The third kappa shape index (κ3) is 3.36. The lowest BCUT2D eigenvalue weighted by Crippen LogP contribution is -2.04. The molecule has 0 radical (unpaired) electrons. The van der Waals surface area contributed by atoms with Crippen molar-refractivity contribution < 1.29 is 0 Å². The second-order valence-corrected chi connectivity index (χ2v) is 7.36. The Bertz CT molecular complexity index is 1460. The average Bonchev–Trinajstić information content (AvgIpc) is 3.47. The molecular weight excluding hydrogens is 400 g/mol. The van der Waals surface area contributed by atoms with Crippen molar-refractivity contribution in [3.05, 3.63) is 78.4 Å². The number of rotatable bonds is 5. The molecule has 0 aliphatic carbocycles. The van der Waals surface area contributed by atoms with E-state index >= 15 is 0 Å². The van der Waals surface area contributed by atoms with Gasteiger partial charge in [0, 0.05) is 30.7 Å². The molecule has 0 saturated carbocycles. The molecule has 5 aromatic rings. The highest BCUT2D eigenvalue weighted by Gasteiger charge is 2.22. The standard InChI is InChI=1S/C24H20N8/c1-2-32-20(9-11-28-32)21-22(17-7-5-6-16(12-17)13-25)29-24(26)19-15-31(30-23(19)21)14-18-8-3-4-10-27-18/h3-12,15H,2,14H2,1H3,(H2,26,29). The van der Waals surface area contributed by atoms with Gasteiger partial charge in [-0.1, -0.05) is 18.2 Å². The topological polar surface area (TPSA) is 111 Å². The maximum atomic E-state index is 9.38. The fraction of sp³-hybridized carbons (Fsp3) is 0.125. The number of anilines is 1. The van der Waals surface area contributed by atoms with Crippen LogP contribution in [0.2, 0.25) is 0 Å². The van der Waals surface area contributed by atoms with Crippen molar-refractivity contribution in [2.24, 2.45) is 0 Å². The zero-order valence-corrected chi connectivity index (χ0v) is 17.5. The fourth-order valence-electron chi connectivity index (χ4n) is 3.87. The van der Waals surface area contributed by atoms with Crippen molar-refractivity contribution in [1.29, 1.82) is 5.26 Å². The first-order valence-electron chi connectivity index (χ1n) is 10.3. The highest BCUT2D eigenvalue weighted by atomic mass is 15.3. The van der Waals surface area contributed by atoms with Crippen LogP contribution in [0, 0.1) is 11.3 Å². The number of benzene rings is 1. The van der Waals surface area contributed by atoms with Gasteiger partial charge < -0.3 is 5.73 Å². The summed E-state index contributed by atoms with van der Waals surface area (Å²) in [6.45, 7) is 3.25. The largest absolute Gasteiger partial charge is 0.383 e. The summed E-state index contributed by atoms with van der Waals surface area (Å²) in [6.07, 6.45) is 5.43. The SMILES string of the molecule is CCn1nccc1-c1c(-c2cccc(C#N)c2)nc(N)c2cn(Cc3ccccn3)nc12. The quantitative estimate of drug-likeness (QED) is 0.462. The van der Waals surface area contributed by atoms with Gasteiger partial charge in [-0.25, -0.2) is 4.98 Å². The predicted octanol–water partition coefficient (Wildman–Crippen LogP) is 3.88. The predicted molar refractivity (Wildman–Crippen MR) is 122 cm³/mol. The summed E-state index contributed by atoms with van der Waals surface area (Å²) in [4.78, 5) is 9.16. The number of hydrogen-bond acceptors (Lipinski definition) is 6. The first-order valence-corrected chi connectivity index (χ1v) is 10.3. The third-order valence-electron chi connectivity index (χ3n) is 5.33. The molecule has 5 rings (SSSR count). The van der Waals surface area contributed by atoms with E-state index in [9.17, 15) is 5.26 Å².